The van der Waals surface area contributed by atoms with E-state index in [9.17, 15) is 43.9 Å². The molecule has 0 amide bonds. The van der Waals surface area contributed by atoms with Crippen LogP contribution in [0.3, 0.4) is 0 Å². The fourth-order valence-corrected chi connectivity index (χ4v) is 1.54. The molecule has 0 heterocycles. The van der Waals surface area contributed by atoms with Crippen LogP contribution in [0.4, 0.5) is 43.9 Å². The van der Waals surface area contributed by atoms with E-state index in [-0.39, 0.29) is 49.7 Å². The molecule has 0 aliphatic rings. The Morgan fingerprint density at radius 1 is 0.500 bits per heavy atom. The van der Waals surface area contributed by atoms with Gasteiger partial charge in [-0.05, 0) is 27.7 Å². The third-order valence-corrected chi connectivity index (χ3v) is 2.94. The van der Waals surface area contributed by atoms with Crippen LogP contribution in [0.25, 0.3) is 0 Å². The normalized spacial score (nSPS) is 9.24. The summed E-state index contributed by atoms with van der Waals surface area (Å²) < 4.78 is 120. The fourth-order valence-electron chi connectivity index (χ4n) is 1.54. The van der Waals surface area contributed by atoms with Crippen LogP contribution >= 0.6 is 0 Å². The molecule has 0 aromatic heterocycles. The number of aliphatic imine (C=N–C) groups is 2. The molecule has 0 spiro atoms. The molecule has 0 bridgehead atoms. The van der Waals surface area contributed by atoms with E-state index < -0.39 is 58.2 Å². The Labute approximate surface area is 225 Å². The first-order chi connectivity index (χ1) is 14.7. The van der Waals surface area contributed by atoms with Gasteiger partial charge < -0.3 is 0 Å². The molecule has 0 atom stereocenters. The predicted octanol–water partition coefficient (Wildman–Crippen LogP) is 5.93. The van der Waals surface area contributed by atoms with Crippen molar-refractivity contribution in [3.05, 3.63) is 70.3 Å². The monoisotopic (exact) mass is 876 g/mol. The van der Waals surface area contributed by atoms with Gasteiger partial charge in [-0.2, -0.15) is 0 Å². The van der Waals surface area contributed by atoms with E-state index in [1.165, 1.54) is 0 Å². The molecule has 0 radical (unpaired) electrons. The van der Waals surface area contributed by atoms with Crippen LogP contribution in [-0.4, -0.2) is 51.8 Å². The Kier molecular flexibility index (Phi) is 19.8. The van der Waals surface area contributed by atoms with Gasteiger partial charge in [-0.25, -0.2) is 26.3 Å². The minimum absolute atomic E-state index is 0. The molecule has 34 heavy (non-hydrogen) atoms. The van der Waals surface area contributed by atoms with Crippen molar-refractivity contribution in [3.8, 4) is 0 Å². The summed E-state index contributed by atoms with van der Waals surface area (Å²) in [6.45, 7) is 9.66. The van der Waals surface area contributed by atoms with Crippen LogP contribution in [0.1, 0.15) is 27.7 Å². The third kappa shape index (κ3) is 13.0. The van der Waals surface area contributed by atoms with Crippen molar-refractivity contribution in [2.24, 2.45) is 9.98 Å². The van der Waals surface area contributed by atoms with Crippen molar-refractivity contribution in [1.29, 1.82) is 0 Å². The topological polar surface area (TPSA) is 24.7 Å². The van der Waals surface area contributed by atoms with Gasteiger partial charge in [-0.3, -0.25) is 27.5 Å². The minimum Gasteiger partial charge on any atom is -0.293 e. The molecule has 2 aromatic rings. The molecule has 2 rings (SSSR count). The summed E-state index contributed by atoms with van der Waals surface area (Å²) in [4.78, 5) is 8.41. The number of hydrogen-bond acceptors (Lipinski definition) is 2. The van der Waals surface area contributed by atoms with Gasteiger partial charge in [0.25, 0.3) is 0 Å². The Morgan fingerprint density at radius 2 is 0.706 bits per heavy atom. The summed E-state index contributed by atoms with van der Waals surface area (Å²) in [5, 5.41) is 0. The zero-order valence-electron chi connectivity index (χ0n) is 18.0. The van der Waals surface area contributed by atoms with Crippen LogP contribution in [0, 0.1) is 70.3 Å². The average molecular weight is 876 g/mol. The number of nitrogens with zero attached hydrogens (tertiary/aromatic N) is 2. The summed E-state index contributed by atoms with van der Waals surface area (Å²) in [6, 6.07) is 2.05. The fraction of sp³-hybridized carbons (Fsp3) is 0.300. The number of benzene rings is 2. The van der Waals surface area contributed by atoms with E-state index in [1.54, 1.807) is 0 Å². The zero-order valence-corrected chi connectivity index (χ0v) is 24.6. The number of rotatable bonds is 3. The molecule has 0 saturated carbocycles. The van der Waals surface area contributed by atoms with E-state index in [0.29, 0.717) is 0 Å². The van der Waals surface area contributed by atoms with Gasteiger partial charge in [0.05, 0.1) is 71.3 Å². The van der Waals surface area contributed by atoms with Gasteiger partial charge in [0.2, 0.25) is 0 Å². The van der Waals surface area contributed by atoms with Crippen LogP contribution in [-0.2, 0) is 22.4 Å². The molecule has 0 aliphatic carbocycles. The SMILES string of the molecule is CC(C)=NCCN=C(C)C.Fc1[c-]c(F)c(F)c(F)c1F.Fc1[c-]c(F)c(F)c(F)c1F.[Au+].[Tl+]. The maximum absolute atomic E-state index is 12.0. The summed E-state index contributed by atoms with van der Waals surface area (Å²) in [5.41, 5.74) is 2.26. The van der Waals surface area contributed by atoms with Gasteiger partial charge in [0.15, 0.2) is 0 Å². The zero-order chi connectivity index (χ0) is 25.2. The predicted molar refractivity (Wildman–Crippen MR) is 103 cm³/mol. The van der Waals surface area contributed by atoms with Gasteiger partial charge in [-0.15, -0.1) is 12.1 Å². The van der Waals surface area contributed by atoms with Crippen molar-refractivity contribution < 1.29 is 66.3 Å². The molecule has 0 saturated heterocycles. The Morgan fingerprint density at radius 3 is 0.882 bits per heavy atom. The first-order valence-electron chi connectivity index (χ1n) is 8.47. The smallest absolute Gasteiger partial charge is 0.293 e. The maximum atomic E-state index is 12.0. The van der Waals surface area contributed by atoms with Crippen LogP contribution in [0.2, 0.25) is 0 Å². The van der Waals surface area contributed by atoms with Gasteiger partial charge in [-0.1, -0.05) is 0 Å². The summed E-state index contributed by atoms with van der Waals surface area (Å²) >= 11 is 0. The van der Waals surface area contributed by atoms with Crippen molar-refractivity contribution in [1.82, 2.24) is 0 Å². The minimum atomic E-state index is -2.17. The van der Waals surface area contributed by atoms with Crippen LogP contribution in [0.15, 0.2) is 9.98 Å². The molecule has 0 fully saturated rings. The molecule has 0 N–H and O–H groups in total. The van der Waals surface area contributed by atoms with Crippen molar-refractivity contribution in [2.75, 3.05) is 13.1 Å². The van der Waals surface area contributed by atoms with Crippen molar-refractivity contribution in [2.45, 2.75) is 27.7 Å². The summed E-state index contributed by atoms with van der Waals surface area (Å²) in [7, 11) is 0. The van der Waals surface area contributed by atoms with Gasteiger partial charge in [0.1, 0.15) is 0 Å². The van der Waals surface area contributed by atoms with E-state index in [1.807, 2.05) is 27.7 Å². The largest absolute Gasteiger partial charge is 1.00 e. The second-order valence-corrected chi connectivity index (χ2v) is 6.05. The molecule has 0 aliphatic heterocycles. The van der Waals surface area contributed by atoms with E-state index in [2.05, 4.69) is 9.98 Å². The number of hydrogen-bond donors (Lipinski definition) is 0. The Bertz CT molecular complexity index is 860. The summed E-state index contributed by atoms with van der Waals surface area (Å²) in [5.74, 6) is -20.1. The van der Waals surface area contributed by atoms with Crippen LogP contribution in [0.5, 0.6) is 0 Å². The second-order valence-electron chi connectivity index (χ2n) is 6.05. The summed E-state index contributed by atoms with van der Waals surface area (Å²) in [6.07, 6.45) is 0. The van der Waals surface area contributed by atoms with Gasteiger partial charge in [0, 0.05) is 11.4 Å². The molecular formula is C20H16AuF10N2Tl. The van der Waals surface area contributed by atoms with Crippen LogP contribution < -0.4 is 0 Å². The first kappa shape index (κ1) is 37.3. The van der Waals surface area contributed by atoms with E-state index in [0.717, 1.165) is 36.6 Å². The molecule has 2 aromatic carbocycles. The standard InChI is InChI=1S/C8H16N2.2C6F5.Au.Tl/c1-7(2)9-5-6-10-8(3)4;2*7-2-1-3(8)5(10)6(11)4(2)9;;/h5-6H2,1-4H3;;;;/q;2*-1;2*+1. The Balaban J connectivity index is -0.000000413. The second kappa shape index (κ2) is 18.1. The third-order valence-electron chi connectivity index (χ3n) is 2.94. The van der Waals surface area contributed by atoms with Gasteiger partial charge >= 0.3 is 49.7 Å². The first-order valence-corrected chi connectivity index (χ1v) is 8.47. The quantitative estimate of drug-likeness (QED) is 0.0696. The van der Waals surface area contributed by atoms with Crippen molar-refractivity contribution >= 4 is 38.7 Å². The van der Waals surface area contributed by atoms with E-state index in [4.69, 9.17) is 0 Å². The number of halogens is 10. The molecule has 14 heteroatoms. The molecule has 190 valence electrons. The molecule has 2 nitrogen and oxygen atoms in total. The Hall–Kier alpha value is -1.26. The van der Waals surface area contributed by atoms with E-state index >= 15 is 0 Å². The molecule has 0 unspecified atom stereocenters. The average Bonchev–Trinajstić information content (AvgIpc) is 2.71. The van der Waals surface area contributed by atoms with Crippen molar-refractivity contribution in [3.63, 3.8) is 0 Å². The maximum Gasteiger partial charge on any atom is 1.00 e. The molecular weight excluding hydrogens is 860 g/mol.